The van der Waals surface area contributed by atoms with Crippen molar-refractivity contribution < 1.29 is 23.9 Å². The number of benzene rings is 2. The van der Waals surface area contributed by atoms with Gasteiger partial charge in [-0.25, -0.2) is 4.79 Å². The molecule has 0 atom stereocenters. The Morgan fingerprint density at radius 3 is 2.68 bits per heavy atom. The van der Waals surface area contributed by atoms with Crippen LogP contribution in [0.3, 0.4) is 0 Å². The largest absolute Gasteiger partial charge is 0.491 e. The second-order valence-corrected chi connectivity index (χ2v) is 8.88. The summed E-state index contributed by atoms with van der Waals surface area (Å²) in [5, 5.41) is 10.3. The Hall–Kier alpha value is -2.77. The Morgan fingerprint density at radius 1 is 1.23 bits per heavy atom. The third-order valence-electron chi connectivity index (χ3n) is 5.36. The normalized spacial score (nSPS) is 16.1. The van der Waals surface area contributed by atoms with Crippen molar-refractivity contribution in [3.63, 3.8) is 0 Å². The fourth-order valence-electron chi connectivity index (χ4n) is 3.82. The van der Waals surface area contributed by atoms with Gasteiger partial charge in [0.15, 0.2) is 0 Å². The molecule has 0 aliphatic carbocycles. The first kappa shape index (κ1) is 21.5. The summed E-state index contributed by atoms with van der Waals surface area (Å²) in [5.41, 5.74) is 4.43. The van der Waals surface area contributed by atoms with Crippen molar-refractivity contribution >= 4 is 24.2 Å². The predicted molar refractivity (Wildman–Crippen MR) is 120 cm³/mol. The minimum Gasteiger partial charge on any atom is -0.489 e. The minimum absolute atomic E-state index is 0.299. The molecule has 31 heavy (non-hydrogen) atoms. The summed E-state index contributed by atoms with van der Waals surface area (Å²) in [5.74, 6) is 0.692. The average Bonchev–Trinajstić information content (AvgIpc) is 3.12. The van der Waals surface area contributed by atoms with Gasteiger partial charge in [0.1, 0.15) is 18.0 Å². The van der Waals surface area contributed by atoms with Gasteiger partial charge in [-0.15, -0.1) is 0 Å². The van der Waals surface area contributed by atoms with Crippen LogP contribution in [-0.4, -0.2) is 41.8 Å². The van der Waals surface area contributed by atoms with Crippen LogP contribution in [0.2, 0.25) is 0 Å². The number of fused-ring (bicyclic) bond motifs is 1. The Labute approximate surface area is 183 Å². The topological polar surface area (TPSA) is 68.2 Å². The molecule has 2 aromatic rings. The molecule has 0 unspecified atom stereocenters. The lowest BCUT2D eigenvalue weighted by Crippen LogP contribution is -2.39. The molecule has 7 heteroatoms. The highest BCUT2D eigenvalue weighted by Crippen LogP contribution is 2.31. The highest BCUT2D eigenvalue weighted by Gasteiger charge is 2.32. The molecule has 1 N–H and O–H groups in total. The van der Waals surface area contributed by atoms with Crippen LogP contribution in [0.25, 0.3) is 5.57 Å². The zero-order valence-corrected chi connectivity index (χ0v) is 18.3. The van der Waals surface area contributed by atoms with E-state index in [1.165, 1.54) is 0 Å². The first-order valence-electron chi connectivity index (χ1n) is 10.6. The van der Waals surface area contributed by atoms with Crippen LogP contribution in [-0.2, 0) is 22.6 Å². The van der Waals surface area contributed by atoms with Gasteiger partial charge in [-0.1, -0.05) is 36.4 Å². The maximum Gasteiger partial charge on any atom is 0.491 e. The van der Waals surface area contributed by atoms with Crippen LogP contribution in [0, 0.1) is 0 Å². The highest BCUT2D eigenvalue weighted by molar-refractivity contribution is 6.61. The van der Waals surface area contributed by atoms with Gasteiger partial charge in [-0.3, -0.25) is 0 Å². The van der Waals surface area contributed by atoms with Crippen LogP contribution in [0.5, 0.6) is 5.75 Å². The fraction of sp³-hybridized carbons (Fsp3) is 0.375. The van der Waals surface area contributed by atoms with Crippen LogP contribution in [0.1, 0.15) is 43.9 Å². The van der Waals surface area contributed by atoms with E-state index in [2.05, 4.69) is 6.08 Å². The van der Waals surface area contributed by atoms with Crippen molar-refractivity contribution in [3.8, 4) is 5.75 Å². The van der Waals surface area contributed by atoms with Crippen molar-refractivity contribution in [1.29, 1.82) is 0 Å². The van der Waals surface area contributed by atoms with Gasteiger partial charge in [0.2, 0.25) is 0 Å². The number of rotatable bonds is 4. The standard InChI is InChI=1S/C24H28BNO5/c1-24(2,3)31-23(27)26-11-9-18(10-12-26)20-13-19(14-22-21(20)16-30-25(22)28)29-15-17-7-5-4-6-8-17/h4-9,13-14,28H,10-12,15-16H2,1-3H3. The third-order valence-corrected chi connectivity index (χ3v) is 5.36. The number of nitrogens with zero attached hydrogens (tertiary/aromatic N) is 1. The van der Waals surface area contributed by atoms with E-state index >= 15 is 0 Å². The summed E-state index contributed by atoms with van der Waals surface area (Å²) in [7, 11) is -0.948. The van der Waals surface area contributed by atoms with Crippen LogP contribution in [0.4, 0.5) is 4.79 Å². The molecule has 0 bridgehead atoms. The Balaban J connectivity index is 1.54. The van der Waals surface area contributed by atoms with Crippen LogP contribution < -0.4 is 10.2 Å². The van der Waals surface area contributed by atoms with Crippen molar-refractivity contribution in [1.82, 2.24) is 4.90 Å². The number of hydrogen-bond acceptors (Lipinski definition) is 5. The van der Waals surface area contributed by atoms with Gasteiger partial charge in [0.05, 0.1) is 6.61 Å². The van der Waals surface area contributed by atoms with E-state index in [1.807, 2.05) is 63.2 Å². The smallest absolute Gasteiger partial charge is 0.489 e. The highest BCUT2D eigenvalue weighted by atomic mass is 16.6. The van der Waals surface area contributed by atoms with Crippen LogP contribution >= 0.6 is 0 Å². The lowest BCUT2D eigenvalue weighted by atomic mass is 9.77. The first-order chi connectivity index (χ1) is 14.8. The van der Waals surface area contributed by atoms with E-state index in [0.29, 0.717) is 38.5 Å². The van der Waals surface area contributed by atoms with Crippen molar-refractivity contribution in [2.45, 2.75) is 46.0 Å². The minimum atomic E-state index is -0.948. The molecule has 2 heterocycles. The molecule has 4 rings (SSSR count). The first-order valence-corrected chi connectivity index (χ1v) is 10.6. The summed E-state index contributed by atoms with van der Waals surface area (Å²) in [6, 6.07) is 13.8. The maximum absolute atomic E-state index is 12.4. The summed E-state index contributed by atoms with van der Waals surface area (Å²) >= 11 is 0. The van der Waals surface area contributed by atoms with Crippen LogP contribution in [0.15, 0.2) is 48.5 Å². The number of hydrogen-bond donors (Lipinski definition) is 1. The van der Waals surface area contributed by atoms with Gasteiger partial charge in [-0.05, 0) is 67.1 Å². The molecule has 0 aromatic heterocycles. The molecule has 2 aliphatic heterocycles. The lowest BCUT2D eigenvalue weighted by molar-refractivity contribution is 0.0270. The molecule has 0 fully saturated rings. The monoisotopic (exact) mass is 421 g/mol. The van der Waals surface area contributed by atoms with E-state index in [9.17, 15) is 9.82 Å². The Kier molecular flexibility index (Phi) is 6.07. The SMILES string of the molecule is CC(C)(C)OC(=O)N1CC=C(c2cc(OCc3ccccc3)cc3c2COB3O)CC1. The molecule has 1 amide bonds. The average molecular weight is 421 g/mol. The number of carbonyl (C=O) groups is 1. The molecular formula is C24H28BNO5. The fourth-order valence-corrected chi connectivity index (χ4v) is 3.82. The zero-order chi connectivity index (χ0) is 22.0. The molecule has 162 valence electrons. The summed E-state index contributed by atoms with van der Waals surface area (Å²) in [6.07, 6.45) is 2.45. The van der Waals surface area contributed by atoms with E-state index in [1.54, 1.807) is 4.90 Å². The lowest BCUT2D eigenvalue weighted by Gasteiger charge is -2.30. The molecule has 6 nitrogen and oxygen atoms in total. The number of amides is 1. The van der Waals surface area contributed by atoms with Gasteiger partial charge < -0.3 is 24.1 Å². The Bertz CT molecular complexity index is 983. The summed E-state index contributed by atoms with van der Waals surface area (Å²) < 4.78 is 17.0. The maximum atomic E-state index is 12.4. The quantitative estimate of drug-likeness (QED) is 0.766. The third kappa shape index (κ3) is 5.11. The van der Waals surface area contributed by atoms with E-state index < -0.39 is 12.7 Å². The van der Waals surface area contributed by atoms with E-state index in [4.69, 9.17) is 14.1 Å². The predicted octanol–water partition coefficient (Wildman–Crippen LogP) is 3.51. The molecule has 2 aromatic carbocycles. The van der Waals surface area contributed by atoms with Crippen molar-refractivity contribution in [3.05, 3.63) is 65.2 Å². The molecule has 2 aliphatic rings. The number of ether oxygens (including phenoxy) is 2. The zero-order valence-electron chi connectivity index (χ0n) is 18.3. The van der Waals surface area contributed by atoms with Gasteiger partial charge in [0, 0.05) is 13.1 Å². The Morgan fingerprint density at radius 2 is 2.00 bits per heavy atom. The molecule has 0 spiro atoms. The van der Waals surface area contributed by atoms with E-state index in [-0.39, 0.29) is 6.09 Å². The summed E-state index contributed by atoms with van der Waals surface area (Å²) in [6.45, 7) is 7.47. The van der Waals surface area contributed by atoms with Gasteiger partial charge in [0.25, 0.3) is 0 Å². The van der Waals surface area contributed by atoms with Gasteiger partial charge in [-0.2, -0.15) is 0 Å². The van der Waals surface area contributed by atoms with E-state index in [0.717, 1.165) is 27.7 Å². The summed E-state index contributed by atoms with van der Waals surface area (Å²) in [4.78, 5) is 14.1. The molecule has 0 saturated heterocycles. The second kappa shape index (κ2) is 8.77. The van der Waals surface area contributed by atoms with Gasteiger partial charge >= 0.3 is 13.2 Å². The molecule has 0 radical (unpaired) electrons. The number of carbonyl (C=O) groups excluding carboxylic acids is 1. The van der Waals surface area contributed by atoms with Crippen molar-refractivity contribution in [2.75, 3.05) is 13.1 Å². The molecule has 0 saturated carbocycles. The second-order valence-electron chi connectivity index (χ2n) is 8.88. The van der Waals surface area contributed by atoms with Crippen molar-refractivity contribution in [2.24, 2.45) is 0 Å². The molecular weight excluding hydrogens is 393 g/mol.